The van der Waals surface area contributed by atoms with Gasteiger partial charge in [0, 0.05) is 7.05 Å². The summed E-state index contributed by atoms with van der Waals surface area (Å²) >= 11 is 0. The van der Waals surface area contributed by atoms with E-state index in [2.05, 4.69) is 5.10 Å². The topological polar surface area (TPSA) is 64.4 Å². The standard InChI is InChI=1S/C14H13F3N2O3/c1-19-10(7-12(18-19)14(15,16)17)8-22-11-4-2-3-9(5-11)6-13(20)21/h2-5,7H,6,8H2,1H3,(H,20,21). The van der Waals surface area contributed by atoms with E-state index >= 15 is 0 Å². The van der Waals surface area contributed by atoms with E-state index < -0.39 is 17.8 Å². The Morgan fingerprint density at radius 2 is 2.09 bits per heavy atom. The summed E-state index contributed by atoms with van der Waals surface area (Å²) in [5.74, 6) is -0.591. The molecule has 0 aliphatic carbocycles. The summed E-state index contributed by atoms with van der Waals surface area (Å²) < 4.78 is 44.1. The van der Waals surface area contributed by atoms with Crippen molar-refractivity contribution >= 4 is 5.97 Å². The molecule has 0 spiro atoms. The zero-order chi connectivity index (χ0) is 16.3. The van der Waals surface area contributed by atoms with Gasteiger partial charge in [0.05, 0.1) is 12.1 Å². The van der Waals surface area contributed by atoms with Crippen LogP contribution < -0.4 is 4.74 Å². The van der Waals surface area contributed by atoms with Gasteiger partial charge in [0.2, 0.25) is 0 Å². The van der Waals surface area contributed by atoms with Gasteiger partial charge in [-0.15, -0.1) is 0 Å². The molecule has 1 heterocycles. The summed E-state index contributed by atoms with van der Waals surface area (Å²) in [5, 5.41) is 12.1. The highest BCUT2D eigenvalue weighted by molar-refractivity contribution is 5.70. The van der Waals surface area contributed by atoms with Crippen molar-refractivity contribution in [3.05, 3.63) is 47.3 Å². The molecule has 118 valence electrons. The fourth-order valence-corrected chi connectivity index (χ4v) is 1.86. The lowest BCUT2D eigenvalue weighted by atomic mass is 10.1. The molecule has 0 bridgehead atoms. The molecule has 1 aromatic heterocycles. The van der Waals surface area contributed by atoms with Crippen LogP contribution in [0.1, 0.15) is 17.0 Å². The van der Waals surface area contributed by atoms with Crippen LogP contribution in [0.5, 0.6) is 5.75 Å². The summed E-state index contributed by atoms with van der Waals surface area (Å²) in [6.45, 7) is -0.101. The fourth-order valence-electron chi connectivity index (χ4n) is 1.86. The number of carboxylic acid groups (broad SMARTS) is 1. The van der Waals surface area contributed by atoms with Crippen LogP contribution in [0.4, 0.5) is 13.2 Å². The molecule has 1 N–H and O–H groups in total. The molecule has 1 aromatic carbocycles. The summed E-state index contributed by atoms with van der Waals surface area (Å²) in [6, 6.07) is 7.31. The number of hydrogen-bond acceptors (Lipinski definition) is 3. The van der Waals surface area contributed by atoms with Crippen LogP contribution in [-0.2, 0) is 31.0 Å². The van der Waals surface area contributed by atoms with Gasteiger partial charge in [0.1, 0.15) is 12.4 Å². The Kier molecular flexibility index (Phi) is 4.39. The van der Waals surface area contributed by atoms with Crippen molar-refractivity contribution in [1.29, 1.82) is 0 Å². The molecule has 8 heteroatoms. The van der Waals surface area contributed by atoms with Crippen LogP contribution in [0.3, 0.4) is 0 Å². The lowest BCUT2D eigenvalue weighted by Crippen LogP contribution is -2.06. The molecule has 0 aliphatic heterocycles. The first-order valence-electron chi connectivity index (χ1n) is 6.29. The number of hydrogen-bond donors (Lipinski definition) is 1. The number of aliphatic carboxylic acids is 1. The van der Waals surface area contributed by atoms with Crippen molar-refractivity contribution in [3.8, 4) is 5.75 Å². The second kappa shape index (κ2) is 6.08. The number of ether oxygens (including phenoxy) is 1. The third-order valence-electron chi connectivity index (χ3n) is 2.91. The molecular formula is C14H13F3N2O3. The van der Waals surface area contributed by atoms with Crippen LogP contribution in [0, 0.1) is 0 Å². The summed E-state index contributed by atoms with van der Waals surface area (Å²) in [7, 11) is 1.40. The zero-order valence-corrected chi connectivity index (χ0v) is 11.6. The van der Waals surface area contributed by atoms with Crippen LogP contribution in [0.25, 0.3) is 0 Å². The van der Waals surface area contributed by atoms with E-state index in [9.17, 15) is 18.0 Å². The third-order valence-corrected chi connectivity index (χ3v) is 2.91. The molecule has 0 amide bonds. The molecule has 5 nitrogen and oxygen atoms in total. The van der Waals surface area contributed by atoms with E-state index in [-0.39, 0.29) is 18.7 Å². The summed E-state index contributed by atoms with van der Waals surface area (Å²) in [4.78, 5) is 10.6. The van der Waals surface area contributed by atoms with Crippen LogP contribution in [0.15, 0.2) is 30.3 Å². The van der Waals surface area contributed by atoms with Gasteiger partial charge < -0.3 is 9.84 Å². The number of carboxylic acids is 1. The quantitative estimate of drug-likeness (QED) is 0.921. The van der Waals surface area contributed by atoms with Gasteiger partial charge in [-0.2, -0.15) is 18.3 Å². The predicted molar refractivity (Wildman–Crippen MR) is 70.3 cm³/mol. The number of carbonyl (C=O) groups is 1. The van der Waals surface area contributed by atoms with E-state index in [1.54, 1.807) is 18.2 Å². The highest BCUT2D eigenvalue weighted by Crippen LogP contribution is 2.28. The van der Waals surface area contributed by atoms with Gasteiger partial charge in [-0.05, 0) is 23.8 Å². The minimum atomic E-state index is -4.50. The molecular weight excluding hydrogens is 301 g/mol. The fraction of sp³-hybridized carbons (Fsp3) is 0.286. The van der Waals surface area contributed by atoms with Crippen molar-refractivity contribution in [2.24, 2.45) is 7.05 Å². The van der Waals surface area contributed by atoms with Gasteiger partial charge in [-0.1, -0.05) is 12.1 Å². The minimum Gasteiger partial charge on any atom is -0.487 e. The molecule has 0 atom stereocenters. The Morgan fingerprint density at radius 1 is 1.36 bits per heavy atom. The molecule has 2 rings (SSSR count). The maximum absolute atomic E-state index is 12.5. The predicted octanol–water partition coefficient (Wildman–Crippen LogP) is 2.64. The number of benzene rings is 1. The Bertz CT molecular complexity index is 680. The SMILES string of the molecule is Cn1nc(C(F)(F)F)cc1COc1cccc(CC(=O)O)c1. The first-order valence-corrected chi connectivity index (χ1v) is 6.29. The van der Waals surface area contributed by atoms with Crippen LogP contribution >= 0.6 is 0 Å². The Labute approximate surface area is 123 Å². The minimum absolute atomic E-state index is 0.101. The van der Waals surface area contributed by atoms with E-state index in [0.29, 0.717) is 11.3 Å². The first kappa shape index (κ1) is 15.9. The van der Waals surface area contributed by atoms with Gasteiger partial charge >= 0.3 is 12.1 Å². The highest BCUT2D eigenvalue weighted by Gasteiger charge is 2.34. The molecule has 0 aliphatic rings. The molecule has 0 saturated carbocycles. The van der Waals surface area contributed by atoms with Gasteiger partial charge in [0.25, 0.3) is 0 Å². The summed E-state index contributed by atoms with van der Waals surface area (Å²) in [6.07, 6.45) is -4.65. The number of nitrogens with zero attached hydrogens (tertiary/aromatic N) is 2. The van der Waals surface area contributed by atoms with Crippen LogP contribution in [0.2, 0.25) is 0 Å². The van der Waals surface area contributed by atoms with E-state index in [1.807, 2.05) is 0 Å². The van der Waals surface area contributed by atoms with Crippen molar-refractivity contribution in [2.75, 3.05) is 0 Å². The largest absolute Gasteiger partial charge is 0.487 e. The third kappa shape index (κ3) is 4.00. The second-order valence-electron chi connectivity index (χ2n) is 4.65. The van der Waals surface area contributed by atoms with Crippen molar-refractivity contribution in [3.63, 3.8) is 0 Å². The van der Waals surface area contributed by atoms with Crippen LogP contribution in [-0.4, -0.2) is 20.9 Å². The monoisotopic (exact) mass is 314 g/mol. The zero-order valence-electron chi connectivity index (χ0n) is 11.6. The number of rotatable bonds is 5. The average Bonchev–Trinajstić information content (AvgIpc) is 2.77. The maximum atomic E-state index is 12.5. The first-order chi connectivity index (χ1) is 10.3. The maximum Gasteiger partial charge on any atom is 0.435 e. The normalized spacial score (nSPS) is 11.5. The highest BCUT2D eigenvalue weighted by atomic mass is 19.4. The molecule has 22 heavy (non-hydrogen) atoms. The molecule has 2 aromatic rings. The molecule has 0 radical (unpaired) electrons. The average molecular weight is 314 g/mol. The Hall–Kier alpha value is -2.51. The van der Waals surface area contributed by atoms with E-state index in [4.69, 9.17) is 9.84 Å². The van der Waals surface area contributed by atoms with Gasteiger partial charge in [-0.25, -0.2) is 0 Å². The number of aromatic nitrogens is 2. The molecule has 0 fully saturated rings. The lowest BCUT2D eigenvalue weighted by Gasteiger charge is -2.07. The van der Waals surface area contributed by atoms with Gasteiger partial charge in [0.15, 0.2) is 5.69 Å². The Balaban J connectivity index is 2.07. The van der Waals surface area contributed by atoms with Gasteiger partial charge in [-0.3, -0.25) is 9.48 Å². The lowest BCUT2D eigenvalue weighted by molar-refractivity contribution is -0.141. The molecule has 0 unspecified atom stereocenters. The van der Waals surface area contributed by atoms with E-state index in [1.165, 1.54) is 13.1 Å². The van der Waals surface area contributed by atoms with Crippen molar-refractivity contribution in [2.45, 2.75) is 19.2 Å². The number of halogens is 3. The molecule has 0 saturated heterocycles. The second-order valence-corrected chi connectivity index (χ2v) is 4.65. The number of alkyl halides is 3. The van der Waals surface area contributed by atoms with Crippen molar-refractivity contribution in [1.82, 2.24) is 9.78 Å². The Morgan fingerprint density at radius 3 is 2.68 bits per heavy atom. The number of aryl methyl sites for hydroxylation is 1. The van der Waals surface area contributed by atoms with Crippen molar-refractivity contribution < 1.29 is 27.8 Å². The summed E-state index contributed by atoms with van der Waals surface area (Å²) in [5.41, 5.74) is -0.171. The smallest absolute Gasteiger partial charge is 0.435 e. The van der Waals surface area contributed by atoms with E-state index in [0.717, 1.165) is 10.7 Å².